The molecule has 0 spiro atoms. The molecule has 3 aromatic rings. The Hall–Kier alpha value is -2.12. The Kier molecular flexibility index (Phi) is 6.91. The number of benzene rings is 2. The molecule has 0 aliphatic rings. The van der Waals surface area contributed by atoms with Gasteiger partial charge in [-0.15, -0.1) is 10.2 Å². The fourth-order valence-corrected chi connectivity index (χ4v) is 5.41. The Bertz CT molecular complexity index is 927. The van der Waals surface area contributed by atoms with Crippen molar-refractivity contribution in [2.45, 2.75) is 19.6 Å². The van der Waals surface area contributed by atoms with E-state index in [1.807, 2.05) is 30.3 Å². The Balaban J connectivity index is 1.92. The molecule has 0 aliphatic carbocycles. The van der Waals surface area contributed by atoms with E-state index in [0.717, 1.165) is 11.1 Å². The Morgan fingerprint density at radius 2 is 1.68 bits per heavy atom. The number of hydrogen-bond acceptors (Lipinski definition) is 7. The summed E-state index contributed by atoms with van der Waals surface area (Å²) in [7, 11) is -3.51. The van der Waals surface area contributed by atoms with Gasteiger partial charge in [-0.2, -0.15) is 0 Å². The van der Waals surface area contributed by atoms with E-state index in [1.54, 1.807) is 26.0 Å². The van der Waals surface area contributed by atoms with E-state index >= 15 is 0 Å². The lowest BCUT2D eigenvalue weighted by molar-refractivity contribution is 0.214. The molecule has 1 aromatic heterocycles. The predicted octanol–water partition coefficient (Wildman–Crippen LogP) is 5.72. The lowest BCUT2D eigenvalue weighted by Crippen LogP contribution is -2.15. The standard InChI is InChI=1S/C19H21FN3O3PS/c1-3-25-27(24,26-4-2)17(14-8-6-5-7-9-14)21-19-23-22-18(28-19)15-10-12-16(20)13-11-15/h5-13,17H,3-4H2,1-2H3,(H,21,23)/t17-/m1/s1. The lowest BCUT2D eigenvalue weighted by atomic mass is 10.2. The summed E-state index contributed by atoms with van der Waals surface area (Å²) in [5.41, 5.74) is 1.51. The minimum Gasteiger partial charge on any atom is -0.342 e. The van der Waals surface area contributed by atoms with Crippen LogP contribution in [0.5, 0.6) is 0 Å². The number of nitrogens with one attached hydrogen (secondary N) is 1. The number of anilines is 1. The van der Waals surface area contributed by atoms with Gasteiger partial charge in [0.1, 0.15) is 10.8 Å². The zero-order valence-electron chi connectivity index (χ0n) is 15.5. The Morgan fingerprint density at radius 3 is 2.29 bits per heavy atom. The molecule has 0 aliphatic heterocycles. The minimum absolute atomic E-state index is 0.249. The van der Waals surface area contributed by atoms with Gasteiger partial charge in [-0.25, -0.2) is 4.39 Å². The minimum atomic E-state index is -3.51. The van der Waals surface area contributed by atoms with Crippen LogP contribution < -0.4 is 5.32 Å². The van der Waals surface area contributed by atoms with Gasteiger partial charge in [0, 0.05) is 5.56 Å². The number of rotatable bonds is 9. The fraction of sp³-hybridized carbons (Fsp3) is 0.263. The van der Waals surface area contributed by atoms with Crippen molar-refractivity contribution in [3.8, 4) is 10.6 Å². The van der Waals surface area contributed by atoms with Crippen LogP contribution in [0.15, 0.2) is 54.6 Å². The van der Waals surface area contributed by atoms with Crippen LogP contribution in [0.2, 0.25) is 0 Å². The van der Waals surface area contributed by atoms with E-state index in [0.29, 0.717) is 10.1 Å². The maximum Gasteiger partial charge on any atom is 0.357 e. The fourth-order valence-electron chi connectivity index (χ4n) is 2.63. The van der Waals surface area contributed by atoms with Gasteiger partial charge >= 0.3 is 7.60 Å². The summed E-state index contributed by atoms with van der Waals surface area (Å²) < 4.78 is 37.7. The van der Waals surface area contributed by atoms with Crippen molar-refractivity contribution in [2.75, 3.05) is 18.5 Å². The summed E-state index contributed by atoms with van der Waals surface area (Å²) in [6.45, 7) is 4.04. The van der Waals surface area contributed by atoms with Crippen molar-refractivity contribution in [2.24, 2.45) is 0 Å². The van der Waals surface area contributed by atoms with E-state index < -0.39 is 13.4 Å². The van der Waals surface area contributed by atoms with Gasteiger partial charge in [-0.3, -0.25) is 4.57 Å². The highest BCUT2D eigenvalue weighted by Crippen LogP contribution is 2.60. The quantitative estimate of drug-likeness (QED) is 0.446. The van der Waals surface area contributed by atoms with Gasteiger partial charge in [0.05, 0.1) is 13.2 Å². The molecule has 9 heteroatoms. The molecular formula is C19H21FN3O3PS. The second-order valence-electron chi connectivity index (χ2n) is 5.75. The van der Waals surface area contributed by atoms with Gasteiger partial charge in [0.25, 0.3) is 0 Å². The van der Waals surface area contributed by atoms with Gasteiger partial charge in [0.15, 0.2) is 5.78 Å². The third kappa shape index (κ3) is 4.83. The van der Waals surface area contributed by atoms with Gasteiger partial charge in [0.2, 0.25) is 5.13 Å². The molecule has 3 rings (SSSR count). The van der Waals surface area contributed by atoms with Gasteiger partial charge in [-0.05, 0) is 43.7 Å². The highest BCUT2D eigenvalue weighted by Gasteiger charge is 2.37. The Morgan fingerprint density at radius 1 is 1.04 bits per heavy atom. The monoisotopic (exact) mass is 421 g/mol. The van der Waals surface area contributed by atoms with E-state index in [4.69, 9.17) is 9.05 Å². The maximum absolute atomic E-state index is 13.4. The molecule has 1 atom stereocenters. The first kappa shape index (κ1) is 20.6. The molecule has 0 saturated carbocycles. The number of nitrogens with zero attached hydrogens (tertiary/aromatic N) is 2. The summed E-state index contributed by atoms with van der Waals surface area (Å²) in [6, 6.07) is 15.3. The first-order valence-corrected chi connectivity index (χ1v) is 11.3. The van der Waals surface area contributed by atoms with Crippen molar-refractivity contribution in [1.29, 1.82) is 0 Å². The van der Waals surface area contributed by atoms with Gasteiger partial charge < -0.3 is 14.4 Å². The molecule has 148 valence electrons. The highest BCUT2D eigenvalue weighted by atomic mass is 32.1. The zero-order valence-corrected chi connectivity index (χ0v) is 17.3. The van der Waals surface area contributed by atoms with E-state index in [-0.39, 0.29) is 19.0 Å². The largest absolute Gasteiger partial charge is 0.357 e. The number of halogens is 1. The van der Waals surface area contributed by atoms with Crippen molar-refractivity contribution in [1.82, 2.24) is 10.2 Å². The summed E-state index contributed by atoms with van der Waals surface area (Å²) in [5.74, 6) is -1.05. The molecule has 0 radical (unpaired) electrons. The third-order valence-corrected chi connectivity index (χ3v) is 7.03. The van der Waals surface area contributed by atoms with Crippen LogP contribution in [0.4, 0.5) is 9.52 Å². The SMILES string of the molecule is CCOP(=O)(OCC)[C@@H](Nc1nnc(-c2ccc(F)cc2)s1)c1ccccc1. The average molecular weight is 421 g/mol. The van der Waals surface area contributed by atoms with E-state index in [2.05, 4.69) is 15.5 Å². The molecule has 6 nitrogen and oxygen atoms in total. The molecule has 0 unspecified atom stereocenters. The van der Waals surface area contributed by atoms with Crippen LogP contribution in [0.3, 0.4) is 0 Å². The van der Waals surface area contributed by atoms with E-state index in [9.17, 15) is 8.96 Å². The smallest absolute Gasteiger partial charge is 0.342 e. The van der Waals surface area contributed by atoms with Crippen molar-refractivity contribution in [3.05, 3.63) is 66.0 Å². The molecule has 0 bridgehead atoms. The second-order valence-corrected chi connectivity index (χ2v) is 8.84. The van der Waals surface area contributed by atoms with E-state index in [1.165, 1.54) is 23.5 Å². The molecule has 1 heterocycles. The topological polar surface area (TPSA) is 73.3 Å². The van der Waals surface area contributed by atoms with Crippen LogP contribution >= 0.6 is 18.9 Å². The second kappa shape index (κ2) is 9.39. The highest BCUT2D eigenvalue weighted by molar-refractivity contribution is 7.54. The first-order chi connectivity index (χ1) is 13.6. The van der Waals surface area contributed by atoms with Crippen molar-refractivity contribution < 1.29 is 18.0 Å². The zero-order chi connectivity index (χ0) is 20.0. The van der Waals surface area contributed by atoms with Crippen LogP contribution in [-0.2, 0) is 13.6 Å². The summed E-state index contributed by atoms with van der Waals surface area (Å²) in [6.07, 6.45) is 0. The summed E-state index contributed by atoms with van der Waals surface area (Å²) in [4.78, 5) is 0. The average Bonchev–Trinajstić information content (AvgIpc) is 3.16. The third-order valence-electron chi connectivity index (χ3n) is 3.83. The molecule has 1 N–H and O–H groups in total. The molecule has 0 fully saturated rings. The first-order valence-electron chi connectivity index (χ1n) is 8.85. The summed E-state index contributed by atoms with van der Waals surface area (Å²) in [5, 5.41) is 12.5. The maximum atomic E-state index is 13.4. The van der Waals surface area contributed by atoms with Crippen LogP contribution in [0, 0.1) is 5.82 Å². The van der Waals surface area contributed by atoms with Crippen LogP contribution in [0.25, 0.3) is 10.6 Å². The van der Waals surface area contributed by atoms with Crippen molar-refractivity contribution >= 4 is 24.1 Å². The normalized spacial score (nSPS) is 12.7. The van der Waals surface area contributed by atoms with Crippen LogP contribution in [-0.4, -0.2) is 23.4 Å². The molecule has 28 heavy (non-hydrogen) atoms. The number of aromatic nitrogens is 2. The predicted molar refractivity (Wildman–Crippen MR) is 109 cm³/mol. The molecule has 2 aromatic carbocycles. The Labute approximate surface area is 167 Å². The number of hydrogen-bond donors (Lipinski definition) is 1. The van der Waals surface area contributed by atoms with Gasteiger partial charge in [-0.1, -0.05) is 41.7 Å². The van der Waals surface area contributed by atoms with Crippen LogP contribution in [0.1, 0.15) is 25.2 Å². The molecular weight excluding hydrogens is 400 g/mol. The van der Waals surface area contributed by atoms with Crippen molar-refractivity contribution in [3.63, 3.8) is 0 Å². The molecule has 0 saturated heterocycles. The summed E-state index contributed by atoms with van der Waals surface area (Å²) >= 11 is 1.28. The lowest BCUT2D eigenvalue weighted by Gasteiger charge is -2.27. The molecule has 0 amide bonds.